The molecule has 1 unspecified atom stereocenters. The average Bonchev–Trinajstić information content (AvgIpc) is 2.44. The molecule has 8 heteroatoms. The Bertz CT molecular complexity index is 665. The Labute approximate surface area is 123 Å². The zero-order valence-corrected chi connectivity index (χ0v) is 13.0. The standard InChI is InChI=1S/C13H17NO6S/c1-8(12(15)14(2)3)21(18,19)9-5-6-11(20-4)10(7-9)13(16)17/h5-8H,1-4H3,(H,16,17). The molecule has 1 atom stereocenters. The number of ether oxygens (including phenoxy) is 1. The molecule has 0 aliphatic carbocycles. The van der Waals surface area contributed by atoms with Gasteiger partial charge in [-0.05, 0) is 25.1 Å². The van der Waals surface area contributed by atoms with Crippen LogP contribution in [0, 0.1) is 0 Å². The van der Waals surface area contributed by atoms with Crippen LogP contribution >= 0.6 is 0 Å². The summed E-state index contributed by atoms with van der Waals surface area (Å²) in [7, 11) is 0.210. The molecule has 1 aromatic carbocycles. The summed E-state index contributed by atoms with van der Waals surface area (Å²) >= 11 is 0. The lowest BCUT2D eigenvalue weighted by Gasteiger charge is -2.17. The van der Waals surface area contributed by atoms with E-state index in [0.717, 1.165) is 6.07 Å². The summed E-state index contributed by atoms with van der Waals surface area (Å²) in [6, 6.07) is 3.47. The zero-order valence-electron chi connectivity index (χ0n) is 12.2. The van der Waals surface area contributed by atoms with Crippen LogP contribution in [0.3, 0.4) is 0 Å². The van der Waals surface area contributed by atoms with Crippen LogP contribution in [0.15, 0.2) is 23.1 Å². The van der Waals surface area contributed by atoms with Crippen molar-refractivity contribution in [3.8, 4) is 5.75 Å². The van der Waals surface area contributed by atoms with E-state index in [4.69, 9.17) is 9.84 Å². The molecule has 0 aliphatic rings. The number of carbonyl (C=O) groups excluding carboxylic acids is 1. The van der Waals surface area contributed by atoms with E-state index >= 15 is 0 Å². The normalized spacial score (nSPS) is 12.6. The molecular weight excluding hydrogens is 298 g/mol. The summed E-state index contributed by atoms with van der Waals surface area (Å²) < 4.78 is 29.6. The maximum absolute atomic E-state index is 12.4. The Hall–Kier alpha value is -2.09. The number of sulfone groups is 1. The highest BCUT2D eigenvalue weighted by atomic mass is 32.2. The first-order chi connectivity index (χ1) is 9.62. The maximum Gasteiger partial charge on any atom is 0.339 e. The number of aromatic carboxylic acids is 1. The molecule has 21 heavy (non-hydrogen) atoms. The van der Waals surface area contributed by atoms with Gasteiger partial charge in [0.2, 0.25) is 5.91 Å². The molecular formula is C13H17NO6S. The van der Waals surface area contributed by atoms with E-state index in [2.05, 4.69) is 0 Å². The second-order valence-electron chi connectivity index (χ2n) is 4.59. The highest BCUT2D eigenvalue weighted by molar-refractivity contribution is 7.92. The largest absolute Gasteiger partial charge is 0.496 e. The Kier molecular flexibility index (Phi) is 4.95. The number of hydrogen-bond acceptors (Lipinski definition) is 5. The second-order valence-corrected chi connectivity index (χ2v) is 6.86. The first-order valence-electron chi connectivity index (χ1n) is 5.99. The van der Waals surface area contributed by atoms with Crippen molar-refractivity contribution in [3.05, 3.63) is 23.8 Å². The highest BCUT2D eigenvalue weighted by Crippen LogP contribution is 2.25. The number of rotatable bonds is 5. The molecule has 1 rings (SSSR count). The molecule has 1 N–H and O–H groups in total. The predicted octanol–water partition coefficient (Wildman–Crippen LogP) is 0.644. The van der Waals surface area contributed by atoms with Gasteiger partial charge in [0.1, 0.15) is 16.6 Å². The van der Waals surface area contributed by atoms with E-state index in [0.29, 0.717) is 0 Å². The van der Waals surface area contributed by atoms with Gasteiger partial charge in [0.25, 0.3) is 0 Å². The lowest BCUT2D eigenvalue weighted by Crippen LogP contribution is -2.37. The molecule has 0 aliphatic heterocycles. The maximum atomic E-state index is 12.4. The molecule has 0 radical (unpaired) electrons. The van der Waals surface area contributed by atoms with Gasteiger partial charge in [-0.15, -0.1) is 0 Å². The number of amides is 1. The summed E-state index contributed by atoms with van der Waals surface area (Å²) in [5.41, 5.74) is -0.275. The smallest absolute Gasteiger partial charge is 0.339 e. The molecule has 1 amide bonds. The van der Waals surface area contributed by atoms with Gasteiger partial charge >= 0.3 is 5.97 Å². The van der Waals surface area contributed by atoms with E-state index in [9.17, 15) is 18.0 Å². The van der Waals surface area contributed by atoms with Crippen molar-refractivity contribution in [2.75, 3.05) is 21.2 Å². The minimum Gasteiger partial charge on any atom is -0.496 e. The Morgan fingerprint density at radius 2 is 1.86 bits per heavy atom. The summed E-state index contributed by atoms with van der Waals surface area (Å²) in [5, 5.41) is 7.77. The van der Waals surface area contributed by atoms with Gasteiger partial charge in [0.05, 0.1) is 12.0 Å². The molecule has 116 valence electrons. The third-order valence-corrected chi connectivity index (χ3v) is 5.03. The molecule has 0 saturated heterocycles. The predicted molar refractivity (Wildman–Crippen MR) is 75.3 cm³/mol. The van der Waals surface area contributed by atoms with Gasteiger partial charge in [-0.1, -0.05) is 0 Å². The number of carbonyl (C=O) groups is 2. The summed E-state index contributed by atoms with van der Waals surface area (Å²) in [6.07, 6.45) is 0. The van der Waals surface area contributed by atoms with Crippen molar-refractivity contribution in [3.63, 3.8) is 0 Å². The van der Waals surface area contributed by atoms with E-state index in [1.165, 1.54) is 45.2 Å². The zero-order chi connectivity index (χ0) is 16.4. The van der Waals surface area contributed by atoms with Crippen molar-refractivity contribution in [1.82, 2.24) is 4.90 Å². The average molecular weight is 315 g/mol. The van der Waals surface area contributed by atoms with Crippen LogP contribution in [0.5, 0.6) is 5.75 Å². The highest BCUT2D eigenvalue weighted by Gasteiger charge is 2.31. The molecule has 0 fully saturated rings. The van der Waals surface area contributed by atoms with Crippen molar-refractivity contribution >= 4 is 21.7 Å². The van der Waals surface area contributed by atoms with Crippen LogP contribution in [0.2, 0.25) is 0 Å². The number of nitrogens with zero attached hydrogens (tertiary/aromatic N) is 1. The molecule has 0 spiro atoms. The van der Waals surface area contributed by atoms with Crippen LogP contribution in [0.25, 0.3) is 0 Å². The van der Waals surface area contributed by atoms with Crippen LogP contribution in [-0.4, -0.2) is 56.8 Å². The van der Waals surface area contributed by atoms with Crippen molar-refractivity contribution in [1.29, 1.82) is 0 Å². The van der Waals surface area contributed by atoms with Crippen LogP contribution in [-0.2, 0) is 14.6 Å². The van der Waals surface area contributed by atoms with E-state index in [-0.39, 0.29) is 16.2 Å². The van der Waals surface area contributed by atoms with Gasteiger partial charge in [0, 0.05) is 14.1 Å². The topological polar surface area (TPSA) is 101 Å². The monoisotopic (exact) mass is 315 g/mol. The molecule has 0 aromatic heterocycles. The number of benzene rings is 1. The lowest BCUT2D eigenvalue weighted by atomic mass is 10.2. The van der Waals surface area contributed by atoms with Gasteiger partial charge in [0.15, 0.2) is 9.84 Å². The second kappa shape index (κ2) is 6.13. The van der Waals surface area contributed by atoms with Gasteiger partial charge < -0.3 is 14.7 Å². The minimum absolute atomic E-state index is 0.0491. The first kappa shape index (κ1) is 17.0. The van der Waals surface area contributed by atoms with Gasteiger partial charge in [-0.3, -0.25) is 4.79 Å². The third-order valence-electron chi connectivity index (χ3n) is 2.98. The lowest BCUT2D eigenvalue weighted by molar-refractivity contribution is -0.127. The van der Waals surface area contributed by atoms with Gasteiger partial charge in [-0.2, -0.15) is 0 Å². The van der Waals surface area contributed by atoms with Gasteiger partial charge in [-0.25, -0.2) is 13.2 Å². The summed E-state index contributed by atoms with van der Waals surface area (Å²) in [4.78, 5) is 23.9. The Morgan fingerprint density at radius 3 is 2.29 bits per heavy atom. The fourth-order valence-electron chi connectivity index (χ4n) is 1.73. The Balaban J connectivity index is 3.36. The van der Waals surface area contributed by atoms with Crippen LogP contribution in [0.4, 0.5) is 0 Å². The first-order valence-corrected chi connectivity index (χ1v) is 7.54. The van der Waals surface area contributed by atoms with Crippen molar-refractivity contribution in [2.24, 2.45) is 0 Å². The van der Waals surface area contributed by atoms with E-state index < -0.39 is 27.0 Å². The summed E-state index contributed by atoms with van der Waals surface area (Å²) in [6.45, 7) is 1.27. The molecule has 0 bridgehead atoms. The quantitative estimate of drug-likeness (QED) is 0.856. The van der Waals surface area contributed by atoms with E-state index in [1.54, 1.807) is 0 Å². The third kappa shape index (κ3) is 3.33. The summed E-state index contributed by atoms with van der Waals surface area (Å²) in [5.74, 6) is -1.84. The molecule has 0 saturated carbocycles. The Morgan fingerprint density at radius 1 is 1.29 bits per heavy atom. The number of methoxy groups -OCH3 is 1. The van der Waals surface area contributed by atoms with Crippen molar-refractivity contribution in [2.45, 2.75) is 17.1 Å². The number of carboxylic acids is 1. The van der Waals surface area contributed by atoms with Crippen molar-refractivity contribution < 1.29 is 27.9 Å². The van der Waals surface area contributed by atoms with Crippen LogP contribution in [0.1, 0.15) is 17.3 Å². The minimum atomic E-state index is -3.97. The SMILES string of the molecule is COc1ccc(S(=O)(=O)C(C)C(=O)N(C)C)cc1C(=O)O. The van der Waals surface area contributed by atoms with Crippen LogP contribution < -0.4 is 4.74 Å². The fourth-order valence-corrected chi connectivity index (χ4v) is 3.16. The molecule has 1 aromatic rings. The molecule has 7 nitrogen and oxygen atoms in total. The fraction of sp³-hybridized carbons (Fsp3) is 0.385. The molecule has 0 heterocycles. The number of carboxylic acid groups (broad SMARTS) is 1. The van der Waals surface area contributed by atoms with E-state index in [1.807, 2.05) is 0 Å². The number of hydrogen-bond donors (Lipinski definition) is 1.